The molecule has 0 spiro atoms. The number of ether oxygens (including phenoxy) is 2. The average molecular weight is 603 g/mol. The number of carbonyl (C=O) groups excluding carboxylic acids is 1. The molecule has 1 fully saturated rings. The maximum Gasteiger partial charge on any atom is 0.312 e. The number of halogens is 2. The lowest BCUT2D eigenvalue weighted by molar-refractivity contribution is -0.138. The third kappa shape index (κ3) is 9.62. The zero-order valence-corrected chi connectivity index (χ0v) is 26.8. The third-order valence-electron chi connectivity index (χ3n) is 7.56. The van der Waals surface area contributed by atoms with Gasteiger partial charge in [-0.05, 0) is 66.8 Å². The van der Waals surface area contributed by atoms with Crippen LogP contribution in [0.15, 0.2) is 41.4 Å². The Morgan fingerprint density at radius 2 is 1.73 bits per heavy atom. The maximum absolute atomic E-state index is 12.7. The Morgan fingerprint density at radius 3 is 2.46 bits per heavy atom. The van der Waals surface area contributed by atoms with Crippen LogP contribution >= 0.6 is 23.2 Å². The predicted octanol–water partition coefficient (Wildman–Crippen LogP) is 8.35. The highest BCUT2D eigenvalue weighted by Gasteiger charge is 2.29. The summed E-state index contributed by atoms with van der Waals surface area (Å²) in [7, 11) is 0. The minimum absolute atomic E-state index is 0.122. The summed E-state index contributed by atoms with van der Waals surface area (Å²) in [6.07, 6.45) is 4.83. The number of aryl methyl sites for hydroxylation is 1. The van der Waals surface area contributed by atoms with Gasteiger partial charge < -0.3 is 14.4 Å². The van der Waals surface area contributed by atoms with Crippen molar-refractivity contribution < 1.29 is 14.3 Å². The molecule has 0 radical (unpaired) electrons. The van der Waals surface area contributed by atoms with Crippen LogP contribution in [0.2, 0.25) is 10.0 Å². The number of fused-ring (bicyclic) bond motifs is 1. The second-order valence-corrected chi connectivity index (χ2v) is 14.1. The first-order chi connectivity index (χ1) is 19.4. The molecule has 0 aliphatic carbocycles. The van der Waals surface area contributed by atoms with Gasteiger partial charge in [-0.15, -0.1) is 0 Å². The number of piperazine rings is 1. The van der Waals surface area contributed by atoms with Gasteiger partial charge in [0.2, 0.25) is 0 Å². The second-order valence-electron chi connectivity index (χ2n) is 13.3. The summed E-state index contributed by atoms with van der Waals surface area (Å²) < 4.78 is 11.8. The van der Waals surface area contributed by atoms with E-state index in [1.165, 1.54) is 0 Å². The fourth-order valence-corrected chi connectivity index (χ4v) is 6.50. The van der Waals surface area contributed by atoms with E-state index in [1.807, 2.05) is 30.3 Å². The van der Waals surface area contributed by atoms with E-state index in [1.54, 1.807) is 0 Å². The highest BCUT2D eigenvalue weighted by molar-refractivity contribution is 6.43. The Hall–Kier alpha value is -2.28. The molecule has 2 aromatic rings. The molecular formula is C33H45Cl2N3O3. The summed E-state index contributed by atoms with van der Waals surface area (Å²) >= 11 is 12.6. The van der Waals surface area contributed by atoms with Crippen LogP contribution < -0.4 is 9.64 Å². The second kappa shape index (κ2) is 13.8. The molecule has 6 nitrogen and oxygen atoms in total. The summed E-state index contributed by atoms with van der Waals surface area (Å²) in [6, 6.07) is 11.9. The van der Waals surface area contributed by atoms with E-state index in [-0.39, 0.29) is 16.8 Å². The molecule has 1 saturated heterocycles. The van der Waals surface area contributed by atoms with Crippen molar-refractivity contribution in [3.8, 4) is 5.75 Å². The Bertz CT molecular complexity index is 1230. The monoisotopic (exact) mass is 601 g/mol. The zero-order chi connectivity index (χ0) is 29.6. The van der Waals surface area contributed by atoms with Crippen molar-refractivity contribution >= 4 is 46.4 Å². The van der Waals surface area contributed by atoms with Gasteiger partial charge in [0.15, 0.2) is 5.90 Å². The molecule has 0 amide bonds. The predicted molar refractivity (Wildman–Crippen MR) is 170 cm³/mol. The number of nitrogens with zero attached hydrogens (tertiary/aromatic N) is 3. The SMILES string of the molecule is CC(C)(C)CC(C)(C)CC(=O)OC1=Nc2cc(OCCCCN3CCN(c4cccc(Cl)c4Cl)CC3)ccc2CC1. The van der Waals surface area contributed by atoms with Crippen LogP contribution in [-0.2, 0) is 16.0 Å². The molecule has 2 heterocycles. The van der Waals surface area contributed by atoms with E-state index in [0.29, 0.717) is 35.4 Å². The Kier molecular flexibility index (Phi) is 10.6. The minimum Gasteiger partial charge on any atom is -0.494 e. The van der Waals surface area contributed by atoms with Crippen molar-refractivity contribution in [2.45, 2.75) is 73.1 Å². The van der Waals surface area contributed by atoms with Crippen LogP contribution in [0.4, 0.5) is 11.4 Å². The molecule has 0 aromatic heterocycles. The molecule has 2 aromatic carbocycles. The normalized spacial score (nSPS) is 16.3. The van der Waals surface area contributed by atoms with E-state index >= 15 is 0 Å². The molecule has 8 heteroatoms. The molecule has 41 heavy (non-hydrogen) atoms. The highest BCUT2D eigenvalue weighted by atomic mass is 35.5. The first-order valence-corrected chi connectivity index (χ1v) is 15.6. The van der Waals surface area contributed by atoms with Crippen molar-refractivity contribution in [3.63, 3.8) is 0 Å². The van der Waals surface area contributed by atoms with Crippen molar-refractivity contribution in [1.82, 2.24) is 4.90 Å². The largest absolute Gasteiger partial charge is 0.494 e. The van der Waals surface area contributed by atoms with Gasteiger partial charge >= 0.3 is 5.97 Å². The Labute approximate surface area is 256 Å². The number of aliphatic imine (C=N–C) groups is 1. The number of rotatable bonds is 10. The molecule has 0 unspecified atom stereocenters. The van der Waals surface area contributed by atoms with Crippen LogP contribution in [0.1, 0.15) is 72.3 Å². The third-order valence-corrected chi connectivity index (χ3v) is 8.36. The minimum atomic E-state index is -0.205. The Balaban J connectivity index is 1.18. The summed E-state index contributed by atoms with van der Waals surface area (Å²) in [4.78, 5) is 22.1. The number of carbonyl (C=O) groups is 1. The van der Waals surface area contributed by atoms with Gasteiger partial charge in [-0.1, -0.05) is 70.0 Å². The van der Waals surface area contributed by atoms with E-state index in [2.05, 4.69) is 55.5 Å². The number of hydrogen-bond donors (Lipinski definition) is 0. The van der Waals surface area contributed by atoms with Gasteiger partial charge in [-0.3, -0.25) is 9.69 Å². The van der Waals surface area contributed by atoms with Crippen molar-refractivity contribution in [3.05, 3.63) is 52.0 Å². The lowest BCUT2D eigenvalue weighted by Gasteiger charge is -2.36. The zero-order valence-electron chi connectivity index (χ0n) is 25.3. The summed E-state index contributed by atoms with van der Waals surface area (Å²) in [5, 5.41) is 1.24. The molecule has 0 bridgehead atoms. The number of hydrogen-bond acceptors (Lipinski definition) is 6. The van der Waals surface area contributed by atoms with E-state index in [9.17, 15) is 4.79 Å². The quantitative estimate of drug-likeness (QED) is 0.202. The number of benzene rings is 2. The van der Waals surface area contributed by atoms with Crippen molar-refractivity contribution in [2.24, 2.45) is 15.8 Å². The molecule has 224 valence electrons. The summed E-state index contributed by atoms with van der Waals surface area (Å²) in [6.45, 7) is 16.5. The van der Waals surface area contributed by atoms with Crippen LogP contribution in [-0.4, -0.2) is 56.1 Å². The molecule has 0 atom stereocenters. The van der Waals surface area contributed by atoms with E-state index < -0.39 is 0 Å². The van der Waals surface area contributed by atoms with Crippen LogP contribution in [0, 0.1) is 10.8 Å². The van der Waals surface area contributed by atoms with Gasteiger partial charge in [0.1, 0.15) is 5.75 Å². The lowest BCUT2D eigenvalue weighted by atomic mass is 9.74. The van der Waals surface area contributed by atoms with E-state index in [0.717, 1.165) is 81.1 Å². The van der Waals surface area contributed by atoms with Gasteiger partial charge in [0, 0.05) is 38.7 Å². The summed E-state index contributed by atoms with van der Waals surface area (Å²) in [5.41, 5.74) is 3.05. The number of esters is 1. The van der Waals surface area contributed by atoms with Crippen LogP contribution in [0.5, 0.6) is 5.75 Å². The summed E-state index contributed by atoms with van der Waals surface area (Å²) in [5.74, 6) is 1.10. The van der Waals surface area contributed by atoms with Gasteiger partial charge in [0.25, 0.3) is 0 Å². The average Bonchev–Trinajstić information content (AvgIpc) is 2.88. The fraction of sp³-hybridized carbons (Fsp3) is 0.576. The molecule has 4 rings (SSSR count). The van der Waals surface area contributed by atoms with Crippen LogP contribution in [0.3, 0.4) is 0 Å². The first-order valence-electron chi connectivity index (χ1n) is 14.8. The topological polar surface area (TPSA) is 54.4 Å². The lowest BCUT2D eigenvalue weighted by Crippen LogP contribution is -2.46. The fourth-order valence-electron chi connectivity index (χ4n) is 6.09. The van der Waals surface area contributed by atoms with Crippen LogP contribution in [0.25, 0.3) is 0 Å². The first kappa shape index (κ1) is 31.7. The molecular weight excluding hydrogens is 557 g/mol. The maximum atomic E-state index is 12.7. The Morgan fingerprint density at radius 1 is 0.976 bits per heavy atom. The van der Waals surface area contributed by atoms with Crippen molar-refractivity contribution in [2.75, 3.05) is 44.2 Å². The molecule has 0 saturated carbocycles. The molecule has 2 aliphatic heterocycles. The molecule has 2 aliphatic rings. The van der Waals surface area contributed by atoms with Gasteiger partial charge in [-0.2, -0.15) is 0 Å². The number of anilines is 1. The van der Waals surface area contributed by atoms with E-state index in [4.69, 9.17) is 32.7 Å². The smallest absolute Gasteiger partial charge is 0.312 e. The standard InChI is InChI=1S/C33H45Cl2N3O3/c1-32(2,3)23-33(4,5)22-30(39)41-29-14-12-24-11-13-25(21-27(24)36-29)40-20-7-6-15-37-16-18-38(19-17-37)28-10-8-9-26(34)31(28)35/h8-11,13,21H,6-7,12,14-20,22-23H2,1-5H3. The number of unbranched alkanes of at least 4 members (excludes halogenated alkanes) is 1. The van der Waals surface area contributed by atoms with Crippen molar-refractivity contribution in [1.29, 1.82) is 0 Å². The van der Waals surface area contributed by atoms with Gasteiger partial charge in [0.05, 0.1) is 34.4 Å². The molecule has 0 N–H and O–H groups in total. The van der Waals surface area contributed by atoms with Gasteiger partial charge in [-0.25, -0.2) is 4.99 Å². The highest BCUT2D eigenvalue weighted by Crippen LogP contribution is 2.37.